The predicted octanol–water partition coefficient (Wildman–Crippen LogP) is 2.73. The van der Waals surface area contributed by atoms with Crippen LogP contribution in [0.2, 0.25) is 5.02 Å². The zero-order valence-corrected chi connectivity index (χ0v) is 12.0. The van der Waals surface area contributed by atoms with Crippen molar-refractivity contribution in [3.8, 4) is 16.9 Å². The Morgan fingerprint density at radius 2 is 1.68 bits per heavy atom. The average molecular weight is 279 g/mol. The summed E-state index contributed by atoms with van der Waals surface area (Å²) in [6.45, 7) is 5.39. The van der Waals surface area contributed by atoms with Gasteiger partial charge < -0.3 is 5.11 Å². The molecule has 0 bridgehead atoms. The number of aromatic hydroxyl groups is 1. The third-order valence-corrected chi connectivity index (χ3v) is 3.35. The molecule has 19 heavy (non-hydrogen) atoms. The summed E-state index contributed by atoms with van der Waals surface area (Å²) in [6, 6.07) is 3.55. The van der Waals surface area contributed by atoms with Gasteiger partial charge in [0.15, 0.2) is 5.75 Å². The molecule has 1 aromatic carbocycles. The standard InChI is InChI=1S/C14H15ClN2O2/c1-7-5-10(15)6-8(2)11(7)12-13(18)9(3)16-17(4)14(12)19/h5-6,18H,1-4H3. The molecule has 1 aromatic heterocycles. The first-order chi connectivity index (χ1) is 8.82. The highest BCUT2D eigenvalue weighted by Crippen LogP contribution is 2.33. The Hall–Kier alpha value is -1.81. The van der Waals surface area contributed by atoms with Gasteiger partial charge in [-0.25, -0.2) is 4.68 Å². The van der Waals surface area contributed by atoms with Crippen molar-refractivity contribution in [3.63, 3.8) is 0 Å². The molecule has 0 saturated heterocycles. The van der Waals surface area contributed by atoms with Crippen LogP contribution in [0.15, 0.2) is 16.9 Å². The van der Waals surface area contributed by atoms with E-state index in [4.69, 9.17) is 11.6 Å². The lowest BCUT2D eigenvalue weighted by Gasteiger charge is -2.13. The van der Waals surface area contributed by atoms with Gasteiger partial charge in [-0.3, -0.25) is 4.79 Å². The van der Waals surface area contributed by atoms with Gasteiger partial charge in [-0.05, 0) is 49.6 Å². The molecule has 0 aliphatic heterocycles. The van der Waals surface area contributed by atoms with Gasteiger partial charge in [0.05, 0.1) is 5.56 Å². The fraction of sp³-hybridized carbons (Fsp3) is 0.286. The minimum atomic E-state index is -0.323. The molecular formula is C14H15ClN2O2. The van der Waals surface area contributed by atoms with Gasteiger partial charge in [0, 0.05) is 12.1 Å². The van der Waals surface area contributed by atoms with Crippen LogP contribution < -0.4 is 5.56 Å². The number of hydrogen-bond acceptors (Lipinski definition) is 3. The SMILES string of the molecule is Cc1cc(Cl)cc(C)c1-c1c(O)c(C)nn(C)c1=O. The summed E-state index contributed by atoms with van der Waals surface area (Å²) in [5.41, 5.74) is 2.79. The molecule has 0 fully saturated rings. The second-order valence-corrected chi connectivity index (χ2v) is 5.09. The molecule has 0 spiro atoms. The highest BCUT2D eigenvalue weighted by Gasteiger charge is 2.18. The smallest absolute Gasteiger partial charge is 0.278 e. The normalized spacial score (nSPS) is 10.8. The molecule has 0 saturated carbocycles. The zero-order chi connectivity index (χ0) is 14.3. The molecule has 0 unspecified atom stereocenters. The van der Waals surface area contributed by atoms with Crippen molar-refractivity contribution in [2.45, 2.75) is 20.8 Å². The zero-order valence-electron chi connectivity index (χ0n) is 11.3. The first-order valence-corrected chi connectivity index (χ1v) is 6.24. The number of benzene rings is 1. The Kier molecular flexibility index (Phi) is 3.37. The number of halogens is 1. The van der Waals surface area contributed by atoms with E-state index in [2.05, 4.69) is 5.10 Å². The quantitative estimate of drug-likeness (QED) is 0.873. The lowest BCUT2D eigenvalue weighted by Crippen LogP contribution is -2.22. The second kappa shape index (κ2) is 4.70. The summed E-state index contributed by atoms with van der Waals surface area (Å²) in [6.07, 6.45) is 0. The van der Waals surface area contributed by atoms with Crippen molar-refractivity contribution in [1.82, 2.24) is 9.78 Å². The molecule has 100 valence electrons. The van der Waals surface area contributed by atoms with E-state index >= 15 is 0 Å². The third-order valence-electron chi connectivity index (χ3n) is 3.13. The van der Waals surface area contributed by atoms with Crippen LogP contribution in [-0.4, -0.2) is 14.9 Å². The van der Waals surface area contributed by atoms with E-state index in [1.165, 1.54) is 4.68 Å². The van der Waals surface area contributed by atoms with E-state index in [9.17, 15) is 9.90 Å². The monoisotopic (exact) mass is 278 g/mol. The molecule has 0 atom stereocenters. The van der Waals surface area contributed by atoms with Crippen molar-refractivity contribution in [2.75, 3.05) is 0 Å². The van der Waals surface area contributed by atoms with Gasteiger partial charge in [-0.2, -0.15) is 5.10 Å². The first-order valence-electron chi connectivity index (χ1n) is 5.87. The molecule has 0 aliphatic rings. The Labute approximate surface area is 116 Å². The largest absolute Gasteiger partial charge is 0.505 e. The van der Waals surface area contributed by atoms with Crippen LogP contribution >= 0.6 is 11.6 Å². The van der Waals surface area contributed by atoms with E-state index in [-0.39, 0.29) is 16.9 Å². The van der Waals surface area contributed by atoms with Gasteiger partial charge in [-0.1, -0.05) is 11.6 Å². The minimum absolute atomic E-state index is 0.0726. The molecule has 2 rings (SSSR count). The summed E-state index contributed by atoms with van der Waals surface area (Å²) < 4.78 is 1.23. The average Bonchev–Trinajstić information content (AvgIpc) is 2.30. The molecule has 0 amide bonds. The maximum atomic E-state index is 12.2. The van der Waals surface area contributed by atoms with Crippen molar-refractivity contribution in [3.05, 3.63) is 44.3 Å². The number of aryl methyl sites for hydroxylation is 4. The number of hydrogen-bond donors (Lipinski definition) is 1. The molecule has 0 radical (unpaired) electrons. The van der Waals surface area contributed by atoms with Crippen molar-refractivity contribution in [1.29, 1.82) is 0 Å². The van der Waals surface area contributed by atoms with Gasteiger partial charge in [0.2, 0.25) is 0 Å². The van der Waals surface area contributed by atoms with Crippen LogP contribution in [0, 0.1) is 20.8 Å². The summed E-state index contributed by atoms with van der Waals surface area (Å²) in [4.78, 5) is 12.2. The molecular weight excluding hydrogens is 264 g/mol. The highest BCUT2D eigenvalue weighted by molar-refractivity contribution is 6.30. The molecule has 4 nitrogen and oxygen atoms in total. The van der Waals surface area contributed by atoms with Gasteiger partial charge in [0.1, 0.15) is 5.69 Å². The van der Waals surface area contributed by atoms with Gasteiger partial charge in [0.25, 0.3) is 5.56 Å². The van der Waals surface area contributed by atoms with Crippen molar-refractivity contribution >= 4 is 11.6 Å². The molecule has 1 N–H and O–H groups in total. The fourth-order valence-corrected chi connectivity index (χ4v) is 2.62. The Morgan fingerprint density at radius 3 is 2.21 bits per heavy atom. The second-order valence-electron chi connectivity index (χ2n) is 4.65. The minimum Gasteiger partial charge on any atom is -0.505 e. The fourth-order valence-electron chi connectivity index (χ4n) is 2.29. The third kappa shape index (κ3) is 2.24. The van der Waals surface area contributed by atoms with Crippen molar-refractivity contribution in [2.24, 2.45) is 7.05 Å². The van der Waals surface area contributed by atoms with Crippen LogP contribution in [0.4, 0.5) is 0 Å². The van der Waals surface area contributed by atoms with E-state index < -0.39 is 0 Å². The van der Waals surface area contributed by atoms with Gasteiger partial charge >= 0.3 is 0 Å². The Balaban J connectivity index is 2.91. The molecule has 1 heterocycles. The van der Waals surface area contributed by atoms with Crippen LogP contribution in [0.25, 0.3) is 11.1 Å². The summed E-state index contributed by atoms with van der Waals surface area (Å²) in [5, 5.41) is 14.7. The summed E-state index contributed by atoms with van der Waals surface area (Å²) >= 11 is 5.99. The number of rotatable bonds is 1. The van der Waals surface area contributed by atoms with Crippen molar-refractivity contribution < 1.29 is 5.11 Å². The van der Waals surface area contributed by atoms with E-state index in [1.54, 1.807) is 26.1 Å². The summed E-state index contributed by atoms with van der Waals surface area (Å²) in [7, 11) is 1.57. The molecule has 5 heteroatoms. The Morgan fingerprint density at radius 1 is 1.16 bits per heavy atom. The van der Waals surface area contributed by atoms with Crippen LogP contribution in [-0.2, 0) is 7.05 Å². The first kappa shape index (κ1) is 13.6. The highest BCUT2D eigenvalue weighted by atomic mass is 35.5. The molecule has 0 aliphatic carbocycles. The topological polar surface area (TPSA) is 55.1 Å². The van der Waals surface area contributed by atoms with Crippen LogP contribution in [0.1, 0.15) is 16.8 Å². The van der Waals surface area contributed by atoms with E-state index in [0.717, 1.165) is 11.1 Å². The number of aromatic nitrogens is 2. The van der Waals surface area contributed by atoms with Crippen LogP contribution in [0.5, 0.6) is 5.75 Å². The van der Waals surface area contributed by atoms with Crippen LogP contribution in [0.3, 0.4) is 0 Å². The lowest BCUT2D eigenvalue weighted by molar-refractivity contribution is 0.460. The van der Waals surface area contributed by atoms with Gasteiger partial charge in [-0.15, -0.1) is 0 Å². The predicted molar refractivity (Wildman–Crippen MR) is 75.8 cm³/mol. The number of nitrogens with zero attached hydrogens (tertiary/aromatic N) is 2. The van der Waals surface area contributed by atoms with E-state index in [1.807, 2.05) is 13.8 Å². The molecule has 2 aromatic rings. The van der Waals surface area contributed by atoms with E-state index in [0.29, 0.717) is 16.3 Å². The summed E-state index contributed by atoms with van der Waals surface area (Å²) in [5.74, 6) is -0.0726. The Bertz CT molecular complexity index is 697. The lowest BCUT2D eigenvalue weighted by atomic mass is 9.96. The maximum absolute atomic E-state index is 12.2. The maximum Gasteiger partial charge on any atom is 0.278 e.